The SMILES string of the molecule is O=C(c1cccc(S(=O)(=O)N2CCCCC2)c1)N1CCN(c2nccs2)CC1. The normalized spacial score (nSPS) is 19.0. The number of hydrogen-bond donors (Lipinski definition) is 0. The van der Waals surface area contributed by atoms with Crippen molar-refractivity contribution < 1.29 is 13.2 Å². The quantitative estimate of drug-likeness (QED) is 0.759. The molecule has 2 aliphatic rings. The molecular formula is C19H24N4O3S2. The average Bonchev–Trinajstić information content (AvgIpc) is 3.29. The number of sulfonamides is 1. The molecule has 150 valence electrons. The van der Waals surface area contributed by atoms with Gasteiger partial charge in [0.05, 0.1) is 4.90 Å². The van der Waals surface area contributed by atoms with E-state index in [1.165, 1.54) is 10.4 Å². The Bertz CT molecular complexity index is 916. The molecule has 0 atom stereocenters. The smallest absolute Gasteiger partial charge is 0.254 e. The lowest BCUT2D eigenvalue weighted by Gasteiger charge is -2.34. The number of carbonyl (C=O) groups is 1. The van der Waals surface area contributed by atoms with E-state index in [1.807, 2.05) is 5.38 Å². The van der Waals surface area contributed by atoms with Crippen molar-refractivity contribution in [2.75, 3.05) is 44.2 Å². The molecule has 2 aromatic rings. The summed E-state index contributed by atoms with van der Waals surface area (Å²) in [5.74, 6) is -0.116. The largest absolute Gasteiger partial charge is 0.345 e. The van der Waals surface area contributed by atoms with Crippen LogP contribution in [0, 0.1) is 0 Å². The number of nitrogens with zero attached hydrogens (tertiary/aromatic N) is 4. The highest BCUT2D eigenvalue weighted by Gasteiger charge is 2.28. The molecule has 1 aromatic carbocycles. The van der Waals surface area contributed by atoms with Gasteiger partial charge in [-0.05, 0) is 31.0 Å². The molecule has 0 spiro atoms. The fourth-order valence-electron chi connectivity index (χ4n) is 3.70. The van der Waals surface area contributed by atoms with E-state index in [0.717, 1.165) is 37.5 Å². The molecule has 0 aliphatic carbocycles. The van der Waals surface area contributed by atoms with Crippen LogP contribution in [-0.4, -0.2) is 67.8 Å². The van der Waals surface area contributed by atoms with Crippen LogP contribution < -0.4 is 4.90 Å². The predicted molar refractivity (Wildman–Crippen MR) is 109 cm³/mol. The van der Waals surface area contributed by atoms with Gasteiger partial charge in [0.2, 0.25) is 10.0 Å². The van der Waals surface area contributed by atoms with E-state index in [0.29, 0.717) is 31.7 Å². The van der Waals surface area contributed by atoms with Crippen molar-refractivity contribution in [1.82, 2.24) is 14.2 Å². The van der Waals surface area contributed by atoms with Gasteiger partial charge < -0.3 is 9.80 Å². The van der Waals surface area contributed by atoms with Gasteiger partial charge in [-0.15, -0.1) is 11.3 Å². The molecule has 28 heavy (non-hydrogen) atoms. The Labute approximate surface area is 169 Å². The summed E-state index contributed by atoms with van der Waals surface area (Å²) in [6, 6.07) is 6.47. The number of amides is 1. The molecule has 0 bridgehead atoms. The Balaban J connectivity index is 1.46. The Morgan fingerprint density at radius 1 is 1.00 bits per heavy atom. The van der Waals surface area contributed by atoms with E-state index < -0.39 is 10.0 Å². The van der Waals surface area contributed by atoms with Gasteiger partial charge in [-0.3, -0.25) is 4.79 Å². The van der Waals surface area contributed by atoms with Gasteiger partial charge in [0.1, 0.15) is 0 Å². The van der Waals surface area contributed by atoms with E-state index in [2.05, 4.69) is 9.88 Å². The maximum Gasteiger partial charge on any atom is 0.254 e. The topological polar surface area (TPSA) is 73.8 Å². The zero-order valence-electron chi connectivity index (χ0n) is 15.7. The minimum atomic E-state index is -3.54. The number of piperazine rings is 1. The zero-order valence-corrected chi connectivity index (χ0v) is 17.3. The Morgan fingerprint density at radius 2 is 1.75 bits per heavy atom. The second-order valence-electron chi connectivity index (χ2n) is 7.09. The average molecular weight is 421 g/mol. The molecule has 1 aromatic heterocycles. The molecule has 2 aliphatic heterocycles. The summed E-state index contributed by atoms with van der Waals surface area (Å²) >= 11 is 1.59. The van der Waals surface area contributed by atoms with Gasteiger partial charge in [0, 0.05) is 56.4 Å². The molecule has 0 saturated carbocycles. The summed E-state index contributed by atoms with van der Waals surface area (Å²) in [5, 5.41) is 2.92. The first kappa shape index (κ1) is 19.4. The number of carbonyl (C=O) groups excluding carboxylic acids is 1. The van der Waals surface area contributed by atoms with Gasteiger partial charge >= 0.3 is 0 Å². The highest BCUT2D eigenvalue weighted by Crippen LogP contribution is 2.23. The maximum atomic E-state index is 12.9. The maximum absolute atomic E-state index is 12.9. The summed E-state index contributed by atoms with van der Waals surface area (Å²) in [7, 11) is -3.54. The molecule has 0 N–H and O–H groups in total. The number of benzene rings is 1. The van der Waals surface area contributed by atoms with Crippen LogP contribution in [0.15, 0.2) is 40.7 Å². The summed E-state index contributed by atoms with van der Waals surface area (Å²) in [5.41, 5.74) is 0.431. The minimum absolute atomic E-state index is 0.116. The van der Waals surface area contributed by atoms with E-state index in [9.17, 15) is 13.2 Å². The summed E-state index contributed by atoms with van der Waals surface area (Å²) in [6.45, 7) is 3.76. The first-order valence-corrected chi connectivity index (χ1v) is 11.9. The van der Waals surface area contributed by atoms with Gasteiger partial charge in [0.25, 0.3) is 5.91 Å². The van der Waals surface area contributed by atoms with Crippen molar-refractivity contribution in [3.05, 3.63) is 41.4 Å². The highest BCUT2D eigenvalue weighted by atomic mass is 32.2. The van der Waals surface area contributed by atoms with Crippen LogP contribution in [0.2, 0.25) is 0 Å². The van der Waals surface area contributed by atoms with Crippen LogP contribution in [0.3, 0.4) is 0 Å². The van der Waals surface area contributed by atoms with Crippen LogP contribution >= 0.6 is 11.3 Å². The lowest BCUT2D eigenvalue weighted by molar-refractivity contribution is 0.0746. The number of hydrogen-bond acceptors (Lipinski definition) is 6. The number of piperidine rings is 1. The summed E-state index contributed by atoms with van der Waals surface area (Å²) in [6.07, 6.45) is 4.63. The van der Waals surface area contributed by atoms with E-state index in [1.54, 1.807) is 40.6 Å². The fourth-order valence-corrected chi connectivity index (χ4v) is 5.96. The third-order valence-electron chi connectivity index (χ3n) is 5.29. The number of aromatic nitrogens is 1. The highest BCUT2D eigenvalue weighted by molar-refractivity contribution is 7.89. The van der Waals surface area contributed by atoms with Crippen molar-refractivity contribution >= 4 is 32.4 Å². The third kappa shape index (κ3) is 3.92. The Morgan fingerprint density at radius 3 is 2.43 bits per heavy atom. The molecule has 4 rings (SSSR count). The monoisotopic (exact) mass is 420 g/mol. The molecule has 0 radical (unpaired) electrons. The molecule has 2 fully saturated rings. The first-order chi connectivity index (χ1) is 13.6. The zero-order chi connectivity index (χ0) is 19.6. The van der Waals surface area contributed by atoms with Gasteiger partial charge in [-0.2, -0.15) is 4.31 Å². The van der Waals surface area contributed by atoms with Crippen LogP contribution in [0.4, 0.5) is 5.13 Å². The number of thiazole rings is 1. The second kappa shape index (κ2) is 8.18. The predicted octanol–water partition coefficient (Wildman–Crippen LogP) is 2.28. The van der Waals surface area contributed by atoms with Crippen LogP contribution in [0.1, 0.15) is 29.6 Å². The van der Waals surface area contributed by atoms with Crippen molar-refractivity contribution in [2.24, 2.45) is 0 Å². The molecule has 7 nitrogen and oxygen atoms in total. The van der Waals surface area contributed by atoms with Gasteiger partial charge in [-0.25, -0.2) is 13.4 Å². The molecule has 1 amide bonds. The summed E-state index contributed by atoms with van der Waals surface area (Å²) in [4.78, 5) is 21.4. The Hall–Kier alpha value is -1.97. The van der Waals surface area contributed by atoms with Crippen LogP contribution in [-0.2, 0) is 10.0 Å². The van der Waals surface area contributed by atoms with Crippen molar-refractivity contribution in [3.63, 3.8) is 0 Å². The number of rotatable bonds is 4. The van der Waals surface area contributed by atoms with E-state index in [4.69, 9.17) is 0 Å². The fraction of sp³-hybridized carbons (Fsp3) is 0.474. The minimum Gasteiger partial charge on any atom is -0.345 e. The van der Waals surface area contributed by atoms with E-state index in [-0.39, 0.29) is 10.8 Å². The van der Waals surface area contributed by atoms with Crippen molar-refractivity contribution in [3.8, 4) is 0 Å². The lowest BCUT2D eigenvalue weighted by Crippen LogP contribution is -2.48. The molecule has 2 saturated heterocycles. The lowest BCUT2D eigenvalue weighted by atomic mass is 10.2. The van der Waals surface area contributed by atoms with Gasteiger partial charge in [-0.1, -0.05) is 12.5 Å². The first-order valence-electron chi connectivity index (χ1n) is 9.60. The van der Waals surface area contributed by atoms with Crippen molar-refractivity contribution in [2.45, 2.75) is 24.2 Å². The van der Waals surface area contributed by atoms with Gasteiger partial charge in [0.15, 0.2) is 5.13 Å². The van der Waals surface area contributed by atoms with E-state index >= 15 is 0 Å². The third-order valence-corrected chi connectivity index (χ3v) is 8.02. The van der Waals surface area contributed by atoms with Crippen molar-refractivity contribution in [1.29, 1.82) is 0 Å². The standard InChI is InChI=1S/C19H24N4O3S2/c24-18(21-10-12-22(13-11-21)19-20-7-14-27-19)16-5-4-6-17(15-16)28(25,26)23-8-2-1-3-9-23/h4-7,14-15H,1-3,8-13H2. The molecule has 9 heteroatoms. The molecule has 3 heterocycles. The summed E-state index contributed by atoms with van der Waals surface area (Å²) < 4.78 is 27.3. The Kier molecular flexibility index (Phi) is 5.65. The number of anilines is 1. The second-order valence-corrected chi connectivity index (χ2v) is 9.90. The molecular weight excluding hydrogens is 396 g/mol. The van der Waals surface area contributed by atoms with Crippen LogP contribution in [0.25, 0.3) is 0 Å². The van der Waals surface area contributed by atoms with Crippen LogP contribution in [0.5, 0.6) is 0 Å². The molecule has 0 unspecified atom stereocenters.